The van der Waals surface area contributed by atoms with Gasteiger partial charge in [-0.05, 0) is 66.8 Å². The number of pyridine rings is 1. The van der Waals surface area contributed by atoms with Crippen LogP contribution in [0.15, 0.2) is 54.9 Å². The first-order chi connectivity index (χ1) is 14.7. The molecule has 1 atom stereocenters. The molecule has 8 heteroatoms. The highest BCUT2D eigenvalue weighted by Gasteiger charge is 2.35. The molecule has 1 amide bonds. The van der Waals surface area contributed by atoms with Gasteiger partial charge < -0.3 is 15.1 Å². The minimum atomic E-state index is -4.54. The van der Waals surface area contributed by atoms with Crippen molar-refractivity contribution in [2.45, 2.75) is 32.0 Å². The smallest absolute Gasteiger partial charge is 0.418 e. The summed E-state index contributed by atoms with van der Waals surface area (Å²) in [4.78, 5) is 18.3. The summed E-state index contributed by atoms with van der Waals surface area (Å²) in [7, 11) is 0. The lowest BCUT2D eigenvalue weighted by atomic mass is 9.91. The molecule has 0 saturated carbocycles. The van der Waals surface area contributed by atoms with Crippen LogP contribution in [0.5, 0.6) is 11.5 Å². The molecule has 0 fully saturated rings. The molecule has 160 valence electrons. The number of halogens is 3. The standard InChI is InChI=1S/C23H19F3N2O3/c1-13-2-3-15-10-14(17-8-9-27-12-19(17)23(24,25)26)4-7-20(15)28(13)22(31)18-6-5-16(29)11-21(18)30/h4-13,29-30H,2-3H2,1H3/t13-/m0/s1. The van der Waals surface area contributed by atoms with Crippen LogP contribution in [0.3, 0.4) is 0 Å². The second-order valence-electron chi connectivity index (χ2n) is 7.53. The molecule has 2 aromatic carbocycles. The maximum Gasteiger partial charge on any atom is 0.418 e. The van der Waals surface area contributed by atoms with Crippen molar-refractivity contribution in [2.24, 2.45) is 0 Å². The monoisotopic (exact) mass is 428 g/mol. The molecule has 5 nitrogen and oxygen atoms in total. The van der Waals surface area contributed by atoms with Crippen molar-refractivity contribution in [1.82, 2.24) is 4.98 Å². The van der Waals surface area contributed by atoms with E-state index in [1.54, 1.807) is 18.2 Å². The van der Waals surface area contributed by atoms with E-state index < -0.39 is 17.6 Å². The Balaban J connectivity index is 1.77. The van der Waals surface area contributed by atoms with Crippen molar-refractivity contribution in [3.63, 3.8) is 0 Å². The fraction of sp³-hybridized carbons (Fsp3) is 0.217. The lowest BCUT2D eigenvalue weighted by molar-refractivity contribution is -0.137. The summed E-state index contributed by atoms with van der Waals surface area (Å²) in [5.74, 6) is -0.949. The Hall–Kier alpha value is -3.55. The van der Waals surface area contributed by atoms with E-state index in [0.29, 0.717) is 24.1 Å². The van der Waals surface area contributed by atoms with Crippen LogP contribution in [0.4, 0.5) is 18.9 Å². The van der Waals surface area contributed by atoms with Gasteiger partial charge in [0.05, 0.1) is 11.1 Å². The van der Waals surface area contributed by atoms with E-state index in [0.717, 1.165) is 17.8 Å². The van der Waals surface area contributed by atoms with Gasteiger partial charge in [-0.2, -0.15) is 13.2 Å². The van der Waals surface area contributed by atoms with Gasteiger partial charge in [-0.1, -0.05) is 6.07 Å². The Labute approximate surface area is 176 Å². The third-order valence-corrected chi connectivity index (χ3v) is 5.48. The summed E-state index contributed by atoms with van der Waals surface area (Å²) >= 11 is 0. The number of aryl methyl sites for hydroxylation is 1. The summed E-state index contributed by atoms with van der Waals surface area (Å²) in [6, 6.07) is 9.76. The molecule has 2 N–H and O–H groups in total. The molecule has 0 radical (unpaired) electrons. The molecular formula is C23H19F3N2O3. The second kappa shape index (κ2) is 7.61. The topological polar surface area (TPSA) is 73.7 Å². The van der Waals surface area contributed by atoms with E-state index in [9.17, 15) is 28.2 Å². The fourth-order valence-corrected chi connectivity index (χ4v) is 3.93. The molecule has 1 aliphatic rings. The van der Waals surface area contributed by atoms with E-state index in [-0.39, 0.29) is 28.7 Å². The molecular weight excluding hydrogens is 409 g/mol. The number of amides is 1. The normalized spacial score (nSPS) is 16.1. The van der Waals surface area contributed by atoms with Gasteiger partial charge in [0.2, 0.25) is 0 Å². The Morgan fingerprint density at radius 3 is 2.61 bits per heavy atom. The number of alkyl halides is 3. The van der Waals surface area contributed by atoms with Crippen LogP contribution in [-0.2, 0) is 12.6 Å². The van der Waals surface area contributed by atoms with Gasteiger partial charge in [0, 0.05) is 30.2 Å². The number of aromatic nitrogens is 1. The summed E-state index contributed by atoms with van der Waals surface area (Å²) in [5, 5.41) is 19.6. The molecule has 1 aromatic heterocycles. The number of aromatic hydroxyl groups is 2. The van der Waals surface area contributed by atoms with Gasteiger partial charge in [0.25, 0.3) is 5.91 Å². The van der Waals surface area contributed by atoms with Crippen molar-refractivity contribution < 1.29 is 28.2 Å². The number of carbonyl (C=O) groups is 1. The zero-order valence-corrected chi connectivity index (χ0v) is 16.5. The third-order valence-electron chi connectivity index (χ3n) is 5.48. The number of carbonyl (C=O) groups excluding carboxylic acids is 1. The molecule has 2 heterocycles. The van der Waals surface area contributed by atoms with E-state index in [4.69, 9.17) is 0 Å². The number of hydrogen-bond acceptors (Lipinski definition) is 4. The highest BCUT2D eigenvalue weighted by molar-refractivity contribution is 6.09. The van der Waals surface area contributed by atoms with Crippen molar-refractivity contribution in [3.05, 3.63) is 71.5 Å². The highest BCUT2D eigenvalue weighted by atomic mass is 19.4. The molecule has 31 heavy (non-hydrogen) atoms. The summed E-state index contributed by atoms with van der Waals surface area (Å²) in [6.45, 7) is 1.87. The maximum absolute atomic E-state index is 13.4. The van der Waals surface area contributed by atoms with Crippen LogP contribution in [0.2, 0.25) is 0 Å². The van der Waals surface area contributed by atoms with Gasteiger partial charge in [-0.25, -0.2) is 0 Å². The third kappa shape index (κ3) is 3.81. The number of hydrogen-bond donors (Lipinski definition) is 2. The maximum atomic E-state index is 13.4. The van der Waals surface area contributed by atoms with Crippen LogP contribution in [0.1, 0.15) is 34.8 Å². The molecule has 0 unspecified atom stereocenters. The minimum Gasteiger partial charge on any atom is -0.508 e. The predicted molar refractivity (Wildman–Crippen MR) is 109 cm³/mol. The Kier molecular flexibility index (Phi) is 5.08. The van der Waals surface area contributed by atoms with Gasteiger partial charge >= 0.3 is 6.18 Å². The number of phenolic OH excluding ortho intramolecular Hbond substituents is 2. The van der Waals surface area contributed by atoms with E-state index >= 15 is 0 Å². The zero-order chi connectivity index (χ0) is 22.3. The SMILES string of the molecule is C[C@H]1CCc2cc(-c3ccncc3C(F)(F)F)ccc2N1C(=O)c1ccc(O)cc1O. The molecule has 1 aliphatic heterocycles. The first kappa shape index (κ1) is 20.7. The number of fused-ring (bicyclic) bond motifs is 1. The van der Waals surface area contributed by atoms with Crippen molar-refractivity contribution >= 4 is 11.6 Å². The highest BCUT2D eigenvalue weighted by Crippen LogP contribution is 2.40. The first-order valence-corrected chi connectivity index (χ1v) is 9.67. The Morgan fingerprint density at radius 1 is 1.13 bits per heavy atom. The van der Waals surface area contributed by atoms with E-state index in [1.165, 1.54) is 29.3 Å². The van der Waals surface area contributed by atoms with E-state index in [2.05, 4.69) is 4.98 Å². The lowest BCUT2D eigenvalue weighted by Crippen LogP contribution is -2.42. The summed E-state index contributed by atoms with van der Waals surface area (Å²) < 4.78 is 40.2. The number of anilines is 1. The van der Waals surface area contributed by atoms with Gasteiger partial charge in [-0.3, -0.25) is 9.78 Å². The van der Waals surface area contributed by atoms with Crippen LogP contribution in [-0.4, -0.2) is 27.1 Å². The van der Waals surface area contributed by atoms with Crippen molar-refractivity contribution in [1.29, 1.82) is 0 Å². The molecule has 0 bridgehead atoms. The minimum absolute atomic E-state index is 0.0259. The number of rotatable bonds is 2. The Morgan fingerprint density at radius 2 is 1.90 bits per heavy atom. The number of nitrogens with zero attached hydrogens (tertiary/aromatic N) is 2. The largest absolute Gasteiger partial charge is 0.508 e. The molecule has 0 saturated heterocycles. The number of phenols is 2. The van der Waals surface area contributed by atoms with Gasteiger partial charge in [0.1, 0.15) is 11.5 Å². The van der Waals surface area contributed by atoms with Gasteiger partial charge in [0.15, 0.2) is 0 Å². The fourth-order valence-electron chi connectivity index (χ4n) is 3.93. The molecule has 3 aromatic rings. The average Bonchev–Trinajstić information content (AvgIpc) is 2.72. The molecule has 0 aliphatic carbocycles. The van der Waals surface area contributed by atoms with Crippen molar-refractivity contribution in [2.75, 3.05) is 4.90 Å². The Bertz CT molecular complexity index is 1160. The molecule has 0 spiro atoms. The van der Waals surface area contributed by atoms with Crippen LogP contribution in [0.25, 0.3) is 11.1 Å². The average molecular weight is 428 g/mol. The lowest BCUT2D eigenvalue weighted by Gasteiger charge is -2.36. The summed E-state index contributed by atoms with van der Waals surface area (Å²) in [6.07, 6.45) is -1.20. The quantitative estimate of drug-likeness (QED) is 0.591. The van der Waals surface area contributed by atoms with Crippen molar-refractivity contribution in [3.8, 4) is 22.6 Å². The predicted octanol–water partition coefficient (Wildman–Crippen LogP) is 5.16. The van der Waals surface area contributed by atoms with E-state index in [1.807, 2.05) is 6.92 Å². The summed E-state index contributed by atoms with van der Waals surface area (Å²) in [5.41, 5.74) is 0.965. The van der Waals surface area contributed by atoms with Crippen LogP contribution in [0, 0.1) is 0 Å². The molecule has 4 rings (SSSR count). The van der Waals surface area contributed by atoms with Crippen LogP contribution < -0.4 is 4.90 Å². The number of benzene rings is 2. The second-order valence-corrected chi connectivity index (χ2v) is 7.53. The van der Waals surface area contributed by atoms with Crippen LogP contribution >= 0.6 is 0 Å². The zero-order valence-electron chi connectivity index (χ0n) is 16.5. The van der Waals surface area contributed by atoms with Gasteiger partial charge in [-0.15, -0.1) is 0 Å². The first-order valence-electron chi connectivity index (χ1n) is 9.67.